The first-order valence-corrected chi connectivity index (χ1v) is 8.35. The first-order valence-electron chi connectivity index (χ1n) is 7.47. The van der Waals surface area contributed by atoms with Gasteiger partial charge in [0, 0.05) is 4.88 Å². The van der Waals surface area contributed by atoms with E-state index >= 15 is 0 Å². The average Bonchev–Trinajstić information content (AvgIpc) is 3.14. The summed E-state index contributed by atoms with van der Waals surface area (Å²) in [5.74, 6) is -0.459. The van der Waals surface area contributed by atoms with Crippen LogP contribution in [-0.4, -0.2) is 10.5 Å². The van der Waals surface area contributed by atoms with E-state index in [0.717, 1.165) is 4.88 Å². The van der Waals surface area contributed by atoms with Gasteiger partial charge in [0.15, 0.2) is 5.58 Å². The highest BCUT2D eigenvalue weighted by Gasteiger charge is 2.20. The van der Waals surface area contributed by atoms with E-state index in [-0.39, 0.29) is 24.4 Å². The van der Waals surface area contributed by atoms with Gasteiger partial charge in [0.1, 0.15) is 6.54 Å². The molecule has 23 heavy (non-hydrogen) atoms. The minimum Gasteiger partial charge on any atom is -0.408 e. The summed E-state index contributed by atoms with van der Waals surface area (Å²) >= 11 is 1.61. The topological polar surface area (TPSA) is 64.2 Å². The third-order valence-electron chi connectivity index (χ3n) is 3.71. The van der Waals surface area contributed by atoms with Gasteiger partial charge in [-0.25, -0.2) is 4.79 Å². The van der Waals surface area contributed by atoms with Crippen molar-refractivity contribution in [2.24, 2.45) is 5.92 Å². The van der Waals surface area contributed by atoms with Crippen LogP contribution in [0.1, 0.15) is 24.8 Å². The lowest BCUT2D eigenvalue weighted by molar-refractivity contribution is -0.122. The molecule has 120 valence electrons. The van der Waals surface area contributed by atoms with E-state index in [1.165, 1.54) is 4.57 Å². The van der Waals surface area contributed by atoms with Crippen LogP contribution in [-0.2, 0) is 11.3 Å². The zero-order chi connectivity index (χ0) is 16.4. The van der Waals surface area contributed by atoms with Crippen molar-refractivity contribution in [3.63, 3.8) is 0 Å². The maximum atomic E-state index is 12.4. The largest absolute Gasteiger partial charge is 0.420 e. The molecule has 1 N–H and O–H groups in total. The van der Waals surface area contributed by atoms with Crippen LogP contribution in [0.25, 0.3) is 11.1 Å². The SMILES string of the molecule is CC(C)[C@H](NC(=O)Cn1c(=O)oc2ccccc21)c1cccs1. The molecule has 0 fully saturated rings. The van der Waals surface area contributed by atoms with E-state index < -0.39 is 5.76 Å². The summed E-state index contributed by atoms with van der Waals surface area (Å²) in [6, 6.07) is 11.0. The summed E-state index contributed by atoms with van der Waals surface area (Å²) in [5, 5.41) is 5.01. The van der Waals surface area contributed by atoms with Crippen LogP contribution in [0.2, 0.25) is 0 Å². The van der Waals surface area contributed by atoms with E-state index in [4.69, 9.17) is 4.42 Å². The lowest BCUT2D eigenvalue weighted by atomic mass is 10.0. The predicted molar refractivity (Wildman–Crippen MR) is 90.5 cm³/mol. The van der Waals surface area contributed by atoms with E-state index in [1.54, 1.807) is 29.5 Å². The highest BCUT2D eigenvalue weighted by atomic mass is 32.1. The summed E-state index contributed by atoms with van der Waals surface area (Å²) in [7, 11) is 0. The monoisotopic (exact) mass is 330 g/mol. The van der Waals surface area contributed by atoms with Crippen molar-refractivity contribution in [1.29, 1.82) is 0 Å². The summed E-state index contributed by atoms with van der Waals surface area (Å²) < 4.78 is 6.51. The third kappa shape index (κ3) is 3.22. The van der Waals surface area contributed by atoms with Gasteiger partial charge < -0.3 is 9.73 Å². The molecule has 0 aliphatic rings. The van der Waals surface area contributed by atoms with Gasteiger partial charge in [-0.05, 0) is 29.5 Å². The number of aromatic nitrogens is 1. The van der Waals surface area contributed by atoms with Crippen molar-refractivity contribution in [2.75, 3.05) is 0 Å². The van der Waals surface area contributed by atoms with E-state index in [0.29, 0.717) is 11.1 Å². The zero-order valence-corrected chi connectivity index (χ0v) is 13.8. The number of nitrogens with zero attached hydrogens (tertiary/aromatic N) is 1. The van der Waals surface area contributed by atoms with Gasteiger partial charge in [-0.15, -0.1) is 11.3 Å². The fourth-order valence-corrected chi connectivity index (χ4v) is 3.51. The Morgan fingerprint density at radius 2 is 2.04 bits per heavy atom. The fourth-order valence-electron chi connectivity index (χ4n) is 2.56. The van der Waals surface area contributed by atoms with Crippen LogP contribution in [0.4, 0.5) is 0 Å². The molecule has 2 heterocycles. The van der Waals surface area contributed by atoms with Gasteiger partial charge in [-0.1, -0.05) is 32.0 Å². The van der Waals surface area contributed by atoms with Crippen molar-refractivity contribution in [3.8, 4) is 0 Å². The lowest BCUT2D eigenvalue weighted by Gasteiger charge is -2.21. The lowest BCUT2D eigenvalue weighted by Crippen LogP contribution is -2.35. The Hall–Kier alpha value is -2.34. The van der Waals surface area contributed by atoms with Crippen LogP contribution in [0.3, 0.4) is 0 Å². The summed E-state index contributed by atoms with van der Waals surface area (Å²) in [6.07, 6.45) is 0. The fraction of sp³-hybridized carbons (Fsp3) is 0.294. The van der Waals surface area contributed by atoms with Gasteiger partial charge in [0.25, 0.3) is 0 Å². The van der Waals surface area contributed by atoms with Crippen LogP contribution in [0.5, 0.6) is 0 Å². The second kappa shape index (κ2) is 6.42. The number of fused-ring (bicyclic) bond motifs is 1. The number of thiophene rings is 1. The Kier molecular flexibility index (Phi) is 4.34. The Morgan fingerprint density at radius 3 is 2.74 bits per heavy atom. The molecule has 1 atom stereocenters. The molecule has 3 rings (SSSR count). The molecule has 1 amide bonds. The number of hydrogen-bond donors (Lipinski definition) is 1. The van der Waals surface area contributed by atoms with Crippen LogP contribution >= 0.6 is 11.3 Å². The van der Waals surface area contributed by atoms with Crippen molar-refractivity contribution < 1.29 is 9.21 Å². The van der Waals surface area contributed by atoms with Crippen molar-refractivity contribution >= 4 is 28.3 Å². The van der Waals surface area contributed by atoms with Crippen LogP contribution < -0.4 is 11.1 Å². The van der Waals surface area contributed by atoms with Crippen molar-refractivity contribution in [1.82, 2.24) is 9.88 Å². The van der Waals surface area contributed by atoms with E-state index in [9.17, 15) is 9.59 Å². The maximum Gasteiger partial charge on any atom is 0.420 e. The molecule has 0 unspecified atom stereocenters. The molecular formula is C17H18N2O3S. The molecule has 0 bridgehead atoms. The maximum absolute atomic E-state index is 12.4. The van der Waals surface area contributed by atoms with Crippen molar-refractivity contribution in [3.05, 3.63) is 57.2 Å². The van der Waals surface area contributed by atoms with Gasteiger partial charge in [-0.2, -0.15) is 0 Å². The molecule has 2 aromatic heterocycles. The smallest absolute Gasteiger partial charge is 0.408 e. The van der Waals surface area contributed by atoms with Gasteiger partial charge in [0.05, 0.1) is 11.6 Å². The molecule has 6 heteroatoms. The van der Waals surface area contributed by atoms with Crippen molar-refractivity contribution in [2.45, 2.75) is 26.4 Å². The second-order valence-electron chi connectivity index (χ2n) is 5.73. The molecule has 3 aromatic rings. The molecule has 5 nitrogen and oxygen atoms in total. The molecule has 0 aliphatic carbocycles. The Balaban J connectivity index is 1.81. The number of oxazole rings is 1. The number of amides is 1. The standard InChI is InChI=1S/C17H18N2O3S/c1-11(2)16(14-8-5-9-23-14)18-15(20)10-19-12-6-3-4-7-13(12)22-17(19)21/h3-9,11,16H,10H2,1-2H3,(H,18,20)/t16-/m0/s1. The molecule has 0 spiro atoms. The normalized spacial score (nSPS) is 12.7. The highest BCUT2D eigenvalue weighted by molar-refractivity contribution is 7.10. The number of hydrogen-bond acceptors (Lipinski definition) is 4. The van der Waals surface area contributed by atoms with Gasteiger partial charge >= 0.3 is 5.76 Å². The van der Waals surface area contributed by atoms with Crippen LogP contribution in [0, 0.1) is 5.92 Å². The van der Waals surface area contributed by atoms with Gasteiger partial charge in [-0.3, -0.25) is 9.36 Å². The Bertz CT molecular complexity index is 861. The van der Waals surface area contributed by atoms with Crippen LogP contribution in [0.15, 0.2) is 51.0 Å². The van der Waals surface area contributed by atoms with Gasteiger partial charge in [0.2, 0.25) is 5.91 Å². The number of carbonyl (C=O) groups is 1. The third-order valence-corrected chi connectivity index (χ3v) is 4.66. The molecule has 0 radical (unpaired) electrons. The summed E-state index contributed by atoms with van der Waals surface area (Å²) in [4.78, 5) is 25.5. The Labute approximate surface area is 137 Å². The number of para-hydroxylation sites is 2. The quantitative estimate of drug-likeness (QED) is 0.781. The van der Waals surface area contributed by atoms with E-state index in [2.05, 4.69) is 19.2 Å². The molecule has 1 aromatic carbocycles. The molecule has 0 saturated heterocycles. The zero-order valence-electron chi connectivity index (χ0n) is 13.0. The average molecular weight is 330 g/mol. The number of rotatable bonds is 5. The minimum atomic E-state index is -0.515. The summed E-state index contributed by atoms with van der Waals surface area (Å²) in [5.41, 5.74) is 1.12. The number of benzene rings is 1. The molecule has 0 aliphatic heterocycles. The molecule has 0 saturated carbocycles. The first kappa shape index (κ1) is 15.6. The summed E-state index contributed by atoms with van der Waals surface area (Å²) in [6.45, 7) is 4.07. The first-order chi connectivity index (χ1) is 11.1. The Morgan fingerprint density at radius 1 is 1.26 bits per heavy atom. The molecular weight excluding hydrogens is 312 g/mol. The van der Waals surface area contributed by atoms with E-state index in [1.807, 2.05) is 23.6 Å². The highest BCUT2D eigenvalue weighted by Crippen LogP contribution is 2.25. The minimum absolute atomic E-state index is 0.0511. The number of carbonyl (C=O) groups excluding carboxylic acids is 1. The predicted octanol–water partition coefficient (Wildman–Crippen LogP) is 3.17. The second-order valence-corrected chi connectivity index (χ2v) is 6.71. The number of nitrogens with one attached hydrogen (secondary N) is 1.